The topological polar surface area (TPSA) is 92.3 Å². The summed E-state index contributed by atoms with van der Waals surface area (Å²) in [7, 11) is 0. The van der Waals surface area contributed by atoms with Crippen LogP contribution in [0.15, 0.2) is 140 Å². The van der Waals surface area contributed by atoms with Gasteiger partial charge in [-0.1, -0.05) is 111 Å². The Morgan fingerprint density at radius 1 is 0.818 bits per heavy atom. The molecule has 2 aliphatic rings. The maximum Gasteiger partial charge on any atom is 0.319 e. The number of rotatable bonds is 14. The molecule has 8 nitrogen and oxygen atoms in total. The minimum atomic E-state index is -0.534. The fourth-order valence-electron chi connectivity index (χ4n) is 7.65. The van der Waals surface area contributed by atoms with Crippen LogP contribution in [0.3, 0.4) is 0 Å². The fourth-order valence-corrected chi connectivity index (χ4v) is 7.65. The summed E-state index contributed by atoms with van der Waals surface area (Å²) in [6.07, 6.45) is 6.23. The molecular weight excluding hydrogens is 687 g/mol. The molecule has 2 fully saturated rings. The minimum Gasteiger partial charge on any atom is -0.457 e. The number of aliphatic hydroxyl groups is 1. The monoisotopic (exact) mass is 737 g/mol. The molecule has 1 aliphatic heterocycles. The van der Waals surface area contributed by atoms with Crippen molar-refractivity contribution in [2.45, 2.75) is 70.3 Å². The Morgan fingerprint density at radius 3 is 2.24 bits per heavy atom. The first-order valence-corrected chi connectivity index (χ1v) is 19.4. The molecule has 1 saturated carbocycles. The lowest BCUT2D eigenvalue weighted by atomic mass is 9.89. The van der Waals surface area contributed by atoms with Gasteiger partial charge in [-0.05, 0) is 83.1 Å². The number of nitrogens with one attached hydrogen (secondary N) is 2. The summed E-state index contributed by atoms with van der Waals surface area (Å²) in [5.41, 5.74) is 6.70. The molecule has 1 heterocycles. The first-order valence-electron chi connectivity index (χ1n) is 19.4. The molecule has 3 N–H and O–H groups in total. The van der Waals surface area contributed by atoms with Gasteiger partial charge in [0, 0.05) is 42.8 Å². The highest BCUT2D eigenvalue weighted by atomic mass is 16.7. The number of carbonyl (C=O) groups is 1. The Morgan fingerprint density at radius 2 is 1.53 bits per heavy atom. The number of anilines is 1. The van der Waals surface area contributed by atoms with Crippen LogP contribution in [0, 0.1) is 5.92 Å². The Balaban J connectivity index is 0.999. The third-order valence-corrected chi connectivity index (χ3v) is 10.7. The lowest BCUT2D eigenvalue weighted by Crippen LogP contribution is -2.47. The predicted octanol–water partition coefficient (Wildman–Crippen LogP) is 10.2. The molecule has 0 radical (unpaired) electrons. The SMILES string of the molecule is C=CCN(CC1OC(c2ccc(-c3cccc(CNC(=O)Nc4ccc(Oc5ccccc5)cc4)c3)cc2)OC(c2ccc(CO)cc2)C1C)C1CCCC1. The second-order valence-corrected chi connectivity index (χ2v) is 14.6. The molecule has 7 rings (SSSR count). The van der Waals surface area contributed by atoms with E-state index in [0.717, 1.165) is 52.2 Å². The van der Waals surface area contributed by atoms with Crippen LogP contribution in [-0.4, -0.2) is 41.3 Å². The lowest BCUT2D eigenvalue weighted by Gasteiger charge is -2.43. The van der Waals surface area contributed by atoms with Gasteiger partial charge in [0.15, 0.2) is 6.29 Å². The molecule has 4 atom stereocenters. The van der Waals surface area contributed by atoms with E-state index in [1.165, 1.54) is 25.7 Å². The van der Waals surface area contributed by atoms with E-state index < -0.39 is 6.29 Å². The van der Waals surface area contributed by atoms with Crippen molar-refractivity contribution in [3.8, 4) is 22.6 Å². The summed E-state index contributed by atoms with van der Waals surface area (Å²) in [6, 6.07) is 41.8. The predicted molar refractivity (Wildman–Crippen MR) is 218 cm³/mol. The van der Waals surface area contributed by atoms with Gasteiger partial charge in [0.1, 0.15) is 11.5 Å². The number of amides is 2. The molecule has 0 spiro atoms. The summed E-state index contributed by atoms with van der Waals surface area (Å²) in [6.45, 7) is 8.32. The molecule has 4 unspecified atom stereocenters. The Labute approximate surface area is 324 Å². The molecule has 55 heavy (non-hydrogen) atoms. The summed E-state index contributed by atoms with van der Waals surface area (Å²) in [4.78, 5) is 15.3. The van der Waals surface area contributed by atoms with Crippen LogP contribution in [0.2, 0.25) is 0 Å². The van der Waals surface area contributed by atoms with Crippen LogP contribution in [-0.2, 0) is 22.6 Å². The molecule has 1 aliphatic carbocycles. The second-order valence-electron chi connectivity index (χ2n) is 14.6. The number of urea groups is 1. The van der Waals surface area contributed by atoms with Gasteiger partial charge < -0.3 is 30.0 Å². The van der Waals surface area contributed by atoms with Gasteiger partial charge in [-0.25, -0.2) is 4.79 Å². The average Bonchev–Trinajstić information content (AvgIpc) is 3.77. The van der Waals surface area contributed by atoms with Gasteiger partial charge >= 0.3 is 6.03 Å². The highest BCUT2D eigenvalue weighted by Gasteiger charge is 2.40. The number of hydrogen-bond acceptors (Lipinski definition) is 6. The van der Waals surface area contributed by atoms with Crippen molar-refractivity contribution in [2.75, 3.05) is 18.4 Å². The zero-order valence-corrected chi connectivity index (χ0v) is 31.5. The first-order chi connectivity index (χ1) is 26.9. The summed E-state index contributed by atoms with van der Waals surface area (Å²) < 4.78 is 19.4. The number of hydrogen-bond donors (Lipinski definition) is 3. The van der Waals surface area contributed by atoms with Gasteiger partial charge in [-0.15, -0.1) is 6.58 Å². The van der Waals surface area contributed by atoms with Crippen LogP contribution >= 0.6 is 0 Å². The molecule has 284 valence electrons. The lowest BCUT2D eigenvalue weighted by molar-refractivity contribution is -0.276. The van der Waals surface area contributed by atoms with Crippen molar-refractivity contribution >= 4 is 11.7 Å². The molecular formula is C47H51N3O5. The van der Waals surface area contributed by atoms with Crippen LogP contribution in [0.25, 0.3) is 11.1 Å². The van der Waals surface area contributed by atoms with E-state index in [-0.39, 0.29) is 30.8 Å². The van der Waals surface area contributed by atoms with E-state index in [1.54, 1.807) is 0 Å². The number of aliphatic hydroxyl groups excluding tert-OH is 1. The van der Waals surface area contributed by atoms with Crippen LogP contribution < -0.4 is 15.4 Å². The second kappa shape index (κ2) is 18.4. The molecule has 8 heteroatoms. The van der Waals surface area contributed by atoms with Gasteiger partial charge in [-0.3, -0.25) is 4.90 Å². The van der Waals surface area contributed by atoms with Crippen molar-refractivity contribution in [3.05, 3.63) is 162 Å². The standard InChI is InChI=1S/C47H51N3O5/c1-3-28-50(41-12-7-8-13-41)31-44-33(2)45(37-18-16-34(32-51)17-19-37)55-46(54-44)38-22-20-36(21-23-38)39-11-9-10-35(29-39)30-48-47(52)49-40-24-26-43(27-25-40)53-42-14-5-4-6-15-42/h3-6,9-11,14-27,29,33,41,44-46,51H,1,7-8,12-13,28,30-32H2,2H3,(H2,48,49,52). The Hall–Kier alpha value is -5.25. The van der Waals surface area contributed by atoms with E-state index in [1.807, 2.05) is 84.9 Å². The third-order valence-electron chi connectivity index (χ3n) is 10.7. The van der Waals surface area contributed by atoms with E-state index in [2.05, 4.69) is 77.6 Å². The van der Waals surface area contributed by atoms with Crippen molar-refractivity contribution in [1.82, 2.24) is 10.2 Å². The summed E-state index contributed by atoms with van der Waals surface area (Å²) in [5.74, 6) is 1.56. The number of para-hydroxylation sites is 1. The number of nitrogens with zero attached hydrogens (tertiary/aromatic N) is 1. The van der Waals surface area contributed by atoms with E-state index in [0.29, 0.717) is 24.0 Å². The highest BCUT2D eigenvalue weighted by molar-refractivity contribution is 5.89. The molecule has 5 aromatic carbocycles. The van der Waals surface area contributed by atoms with Crippen molar-refractivity contribution < 1.29 is 24.1 Å². The van der Waals surface area contributed by atoms with E-state index >= 15 is 0 Å². The zero-order valence-electron chi connectivity index (χ0n) is 31.5. The normalized spacial score (nSPS) is 19.9. The third kappa shape index (κ3) is 9.90. The Kier molecular flexibility index (Phi) is 12.7. The van der Waals surface area contributed by atoms with Crippen LogP contribution in [0.5, 0.6) is 11.5 Å². The maximum atomic E-state index is 12.8. The van der Waals surface area contributed by atoms with E-state index in [4.69, 9.17) is 14.2 Å². The van der Waals surface area contributed by atoms with Gasteiger partial charge in [0.2, 0.25) is 0 Å². The molecule has 2 amide bonds. The maximum absolute atomic E-state index is 12.8. The zero-order chi connectivity index (χ0) is 38.0. The van der Waals surface area contributed by atoms with Crippen molar-refractivity contribution in [1.29, 1.82) is 0 Å². The van der Waals surface area contributed by atoms with Crippen molar-refractivity contribution in [3.63, 3.8) is 0 Å². The fraction of sp³-hybridized carbons (Fsp3) is 0.298. The van der Waals surface area contributed by atoms with Crippen LogP contribution in [0.1, 0.15) is 67.3 Å². The highest BCUT2D eigenvalue weighted by Crippen LogP contribution is 2.42. The van der Waals surface area contributed by atoms with Crippen molar-refractivity contribution in [2.24, 2.45) is 5.92 Å². The number of carbonyl (C=O) groups excluding carboxylic acids is 1. The Bertz CT molecular complexity index is 1980. The molecule has 1 saturated heterocycles. The number of ether oxygens (including phenoxy) is 3. The van der Waals surface area contributed by atoms with Gasteiger partial charge in [0.25, 0.3) is 0 Å². The minimum absolute atomic E-state index is 0.0102. The summed E-state index contributed by atoms with van der Waals surface area (Å²) in [5, 5.41) is 15.5. The average molecular weight is 738 g/mol. The first kappa shape index (κ1) is 38.0. The van der Waals surface area contributed by atoms with Crippen LogP contribution in [0.4, 0.5) is 10.5 Å². The van der Waals surface area contributed by atoms with E-state index in [9.17, 15) is 9.90 Å². The quantitative estimate of drug-likeness (QED) is 0.0983. The molecule has 5 aromatic rings. The van der Waals surface area contributed by atoms with Gasteiger partial charge in [-0.2, -0.15) is 0 Å². The largest absolute Gasteiger partial charge is 0.457 e. The molecule has 0 aromatic heterocycles. The number of benzene rings is 5. The van der Waals surface area contributed by atoms with Gasteiger partial charge in [0.05, 0.1) is 18.8 Å². The molecule has 0 bridgehead atoms. The summed E-state index contributed by atoms with van der Waals surface area (Å²) >= 11 is 0. The smallest absolute Gasteiger partial charge is 0.319 e.